The lowest BCUT2D eigenvalue weighted by Crippen LogP contribution is -2.40. The molecule has 0 radical (unpaired) electrons. The lowest BCUT2D eigenvalue weighted by atomic mass is 9.94. The van der Waals surface area contributed by atoms with Gasteiger partial charge in [-0.3, -0.25) is 19.5 Å². The monoisotopic (exact) mass is 642 g/mol. The molecule has 0 bridgehead atoms. The van der Waals surface area contributed by atoms with Gasteiger partial charge in [0.15, 0.2) is 4.80 Å². The first-order valence-corrected chi connectivity index (χ1v) is 16.1. The summed E-state index contributed by atoms with van der Waals surface area (Å²) in [5.41, 5.74) is 4.13. The largest absolute Gasteiger partial charge is 0.463 e. The Hall–Kier alpha value is -5.61. The lowest BCUT2D eigenvalue weighted by molar-refractivity contribution is -0.385. The third-order valence-electron chi connectivity index (χ3n) is 8.59. The number of thiazole rings is 1. The third-order valence-corrected chi connectivity index (χ3v) is 9.57. The first-order chi connectivity index (χ1) is 22.7. The molecule has 1 aliphatic rings. The SMILES string of the molecule is CCOC(=O)C1=C(C)N=c2s/c(=C/c3cn(Cc4cccc5ccccc45)c4ccccc34)c(=O)n2[C@@H]1c1ccc(C)c([N+](=O)[O-])c1. The highest BCUT2D eigenvalue weighted by molar-refractivity contribution is 7.07. The van der Waals surface area contributed by atoms with E-state index in [9.17, 15) is 19.7 Å². The molecule has 9 nitrogen and oxygen atoms in total. The molecular formula is C37H30N4O5S. The van der Waals surface area contributed by atoms with Gasteiger partial charge in [-0.15, -0.1) is 0 Å². The maximum atomic E-state index is 14.3. The predicted octanol–water partition coefficient (Wildman–Crippen LogP) is 6.17. The smallest absolute Gasteiger partial charge is 0.338 e. The number of nitro benzene ring substituents is 1. The molecular weight excluding hydrogens is 612 g/mol. The molecule has 4 aromatic carbocycles. The van der Waals surface area contributed by atoms with E-state index in [2.05, 4.69) is 52.2 Å². The molecule has 0 aliphatic carbocycles. The van der Waals surface area contributed by atoms with E-state index in [1.165, 1.54) is 38.3 Å². The van der Waals surface area contributed by atoms with Crippen molar-refractivity contribution in [2.45, 2.75) is 33.4 Å². The zero-order valence-electron chi connectivity index (χ0n) is 26.0. The van der Waals surface area contributed by atoms with Crippen molar-refractivity contribution < 1.29 is 14.5 Å². The van der Waals surface area contributed by atoms with Crippen LogP contribution < -0.4 is 14.9 Å². The zero-order valence-corrected chi connectivity index (χ0v) is 26.8. The van der Waals surface area contributed by atoms with Crippen LogP contribution in [0.15, 0.2) is 112 Å². The van der Waals surface area contributed by atoms with E-state index in [0.29, 0.717) is 32.7 Å². The van der Waals surface area contributed by atoms with Gasteiger partial charge in [-0.05, 0) is 54.8 Å². The van der Waals surface area contributed by atoms with E-state index in [4.69, 9.17) is 4.74 Å². The van der Waals surface area contributed by atoms with Crippen LogP contribution in [0, 0.1) is 17.0 Å². The topological polar surface area (TPSA) is 109 Å². The summed E-state index contributed by atoms with van der Waals surface area (Å²) in [6.07, 6.45) is 3.92. The van der Waals surface area contributed by atoms with E-state index in [-0.39, 0.29) is 23.4 Å². The maximum absolute atomic E-state index is 14.3. The fraction of sp³-hybridized carbons (Fsp3) is 0.162. The Kier molecular flexibility index (Phi) is 7.65. The van der Waals surface area contributed by atoms with Gasteiger partial charge in [0.25, 0.3) is 11.2 Å². The van der Waals surface area contributed by atoms with Crippen molar-refractivity contribution in [1.82, 2.24) is 9.13 Å². The molecule has 0 spiro atoms. The number of allylic oxidation sites excluding steroid dienone is 1. The average molecular weight is 643 g/mol. The molecule has 0 unspecified atom stereocenters. The molecule has 0 N–H and O–H groups in total. The molecule has 0 amide bonds. The molecule has 0 fully saturated rings. The van der Waals surface area contributed by atoms with Crippen LogP contribution in [0.2, 0.25) is 0 Å². The molecule has 6 aromatic rings. The number of rotatable bonds is 7. The molecule has 1 aliphatic heterocycles. The van der Waals surface area contributed by atoms with Gasteiger partial charge in [0.2, 0.25) is 0 Å². The summed E-state index contributed by atoms with van der Waals surface area (Å²) in [7, 11) is 0. The van der Waals surface area contributed by atoms with Crippen LogP contribution in [0.4, 0.5) is 5.69 Å². The van der Waals surface area contributed by atoms with E-state index < -0.39 is 16.9 Å². The summed E-state index contributed by atoms with van der Waals surface area (Å²) in [6.45, 7) is 5.82. The fourth-order valence-electron chi connectivity index (χ4n) is 6.38. The van der Waals surface area contributed by atoms with Gasteiger partial charge in [-0.2, -0.15) is 0 Å². The van der Waals surface area contributed by atoms with Gasteiger partial charge in [0.05, 0.1) is 33.4 Å². The van der Waals surface area contributed by atoms with Crippen molar-refractivity contribution in [3.63, 3.8) is 0 Å². The van der Waals surface area contributed by atoms with Gasteiger partial charge in [0, 0.05) is 40.8 Å². The minimum atomic E-state index is -0.945. The van der Waals surface area contributed by atoms with E-state index in [1.807, 2.05) is 36.4 Å². The summed E-state index contributed by atoms with van der Waals surface area (Å²) >= 11 is 1.22. The number of nitrogens with zero attached hydrogens (tertiary/aromatic N) is 4. The number of ether oxygens (including phenoxy) is 1. The van der Waals surface area contributed by atoms with Gasteiger partial charge in [0.1, 0.15) is 0 Å². The van der Waals surface area contributed by atoms with Gasteiger partial charge in [-0.25, -0.2) is 9.79 Å². The quantitative estimate of drug-likeness (QED) is 0.118. The summed E-state index contributed by atoms with van der Waals surface area (Å²) < 4.78 is 9.46. The molecule has 2 aromatic heterocycles. The lowest BCUT2D eigenvalue weighted by Gasteiger charge is -2.24. The molecule has 3 heterocycles. The highest BCUT2D eigenvalue weighted by Crippen LogP contribution is 2.33. The van der Waals surface area contributed by atoms with Crippen molar-refractivity contribution in [3.05, 3.63) is 154 Å². The molecule has 7 rings (SSSR count). The predicted molar refractivity (Wildman–Crippen MR) is 183 cm³/mol. The highest BCUT2D eigenvalue weighted by atomic mass is 32.1. The summed E-state index contributed by atoms with van der Waals surface area (Å²) in [5.74, 6) is -0.618. The summed E-state index contributed by atoms with van der Waals surface area (Å²) in [4.78, 5) is 44.0. The number of hydrogen-bond acceptors (Lipinski definition) is 7. The third kappa shape index (κ3) is 5.26. The van der Waals surface area contributed by atoms with Crippen LogP contribution in [0.5, 0.6) is 0 Å². The van der Waals surface area contributed by atoms with Gasteiger partial charge in [-0.1, -0.05) is 84.1 Å². The van der Waals surface area contributed by atoms with Gasteiger partial charge < -0.3 is 9.30 Å². The van der Waals surface area contributed by atoms with E-state index in [0.717, 1.165) is 16.5 Å². The molecule has 234 valence electrons. The fourth-order valence-corrected chi connectivity index (χ4v) is 7.41. The van der Waals surface area contributed by atoms with Crippen LogP contribution >= 0.6 is 11.3 Å². The van der Waals surface area contributed by atoms with Gasteiger partial charge >= 0.3 is 5.97 Å². The molecule has 1 atom stereocenters. The number of fused-ring (bicyclic) bond motifs is 3. The van der Waals surface area contributed by atoms with Crippen LogP contribution in [-0.4, -0.2) is 26.6 Å². The standard InChI is InChI=1S/C37H30N4O5S/c1-4-46-36(43)33-23(3)38-37-40(34(33)25-17-16-22(2)31(18-25)41(44)45)35(42)32(47-37)19-27-21-39(30-15-8-7-14-29(27)30)20-26-12-9-11-24-10-5-6-13-28(24)26/h5-19,21,34H,4,20H2,1-3H3/b32-19+/t34-/m1/s1. The second-order valence-corrected chi connectivity index (χ2v) is 12.5. The first-order valence-electron chi connectivity index (χ1n) is 15.2. The molecule has 47 heavy (non-hydrogen) atoms. The van der Waals surface area contributed by atoms with Crippen LogP contribution in [-0.2, 0) is 16.1 Å². The van der Waals surface area contributed by atoms with Crippen molar-refractivity contribution >= 4 is 50.7 Å². The molecule has 0 saturated carbocycles. The number of esters is 1. The summed E-state index contributed by atoms with van der Waals surface area (Å²) in [5, 5.41) is 15.2. The average Bonchev–Trinajstić information content (AvgIpc) is 3.56. The summed E-state index contributed by atoms with van der Waals surface area (Å²) in [6, 6.07) is 26.5. The Labute approximate surface area is 273 Å². The Bertz CT molecular complexity index is 2460. The van der Waals surface area contributed by atoms with Crippen LogP contribution in [0.25, 0.3) is 27.8 Å². The number of carbonyl (C=O) groups is 1. The van der Waals surface area contributed by atoms with Crippen molar-refractivity contribution in [3.8, 4) is 0 Å². The second-order valence-electron chi connectivity index (χ2n) is 11.5. The zero-order chi connectivity index (χ0) is 32.8. The number of nitro groups is 1. The number of aromatic nitrogens is 2. The van der Waals surface area contributed by atoms with Crippen LogP contribution in [0.3, 0.4) is 0 Å². The number of benzene rings is 4. The van der Waals surface area contributed by atoms with Crippen molar-refractivity contribution in [1.29, 1.82) is 0 Å². The van der Waals surface area contributed by atoms with Crippen LogP contribution in [0.1, 0.15) is 42.1 Å². The number of hydrogen-bond donors (Lipinski definition) is 0. The molecule has 10 heteroatoms. The second kappa shape index (κ2) is 12.0. The normalized spacial score (nSPS) is 14.8. The number of carbonyl (C=O) groups excluding carboxylic acids is 1. The first kappa shape index (κ1) is 30.1. The Balaban J connectivity index is 1.39. The van der Waals surface area contributed by atoms with Crippen molar-refractivity contribution in [2.24, 2.45) is 4.99 Å². The van der Waals surface area contributed by atoms with Crippen molar-refractivity contribution in [2.75, 3.05) is 6.61 Å². The Morgan fingerprint density at radius 2 is 1.77 bits per heavy atom. The van der Waals surface area contributed by atoms with E-state index >= 15 is 0 Å². The van der Waals surface area contributed by atoms with E-state index in [1.54, 1.807) is 32.9 Å². The molecule has 0 saturated heterocycles. The minimum absolute atomic E-state index is 0.0958. The Morgan fingerprint density at radius 3 is 2.55 bits per heavy atom. The number of aryl methyl sites for hydroxylation is 1. The highest BCUT2D eigenvalue weighted by Gasteiger charge is 2.34. The number of para-hydroxylation sites is 1. The Morgan fingerprint density at radius 1 is 1.02 bits per heavy atom. The minimum Gasteiger partial charge on any atom is -0.463 e. The maximum Gasteiger partial charge on any atom is 0.338 e.